The van der Waals surface area contributed by atoms with Gasteiger partial charge in [0, 0.05) is 34.8 Å². The van der Waals surface area contributed by atoms with Crippen molar-refractivity contribution in [2.75, 3.05) is 17.8 Å². The number of hydrogen-bond acceptors (Lipinski definition) is 6. The SMILES string of the molecule is C[C@H](C(=O)N1CCCC1)C1CC[C@@]2(C)Cc3sc(NS(=O)(=O)c4ccc(Cl)cc4)nc3[C@@H](C)[C@@H]2[C@H]1O. The summed E-state index contributed by atoms with van der Waals surface area (Å²) in [6.45, 7) is 7.92. The highest BCUT2D eigenvalue weighted by molar-refractivity contribution is 7.93. The summed E-state index contributed by atoms with van der Waals surface area (Å²) in [4.78, 5) is 21.0. The summed E-state index contributed by atoms with van der Waals surface area (Å²) >= 11 is 7.28. The van der Waals surface area contributed by atoms with Gasteiger partial charge < -0.3 is 10.0 Å². The summed E-state index contributed by atoms with van der Waals surface area (Å²) in [6, 6.07) is 6.03. The minimum Gasteiger partial charge on any atom is -0.392 e. The number of halogens is 1. The lowest BCUT2D eigenvalue weighted by atomic mass is 9.53. The van der Waals surface area contributed by atoms with Gasteiger partial charge >= 0.3 is 0 Å². The second-order valence-corrected chi connectivity index (χ2v) is 14.2. The molecule has 2 N–H and O–H groups in total. The summed E-state index contributed by atoms with van der Waals surface area (Å²) in [7, 11) is -3.79. The third-order valence-electron chi connectivity index (χ3n) is 8.72. The third kappa shape index (κ3) is 4.57. The number of aromatic nitrogens is 1. The Labute approximate surface area is 222 Å². The van der Waals surface area contributed by atoms with Crippen molar-refractivity contribution in [2.24, 2.45) is 23.2 Å². The molecule has 3 aliphatic rings. The molecule has 1 aliphatic heterocycles. The van der Waals surface area contributed by atoms with Gasteiger partial charge in [-0.05, 0) is 73.6 Å². The minimum atomic E-state index is -3.79. The number of sulfonamides is 1. The second-order valence-electron chi connectivity index (χ2n) is 11.0. The number of anilines is 1. The number of aliphatic hydroxyl groups excluding tert-OH is 1. The molecule has 7 nitrogen and oxygen atoms in total. The van der Waals surface area contributed by atoms with Gasteiger partial charge in [-0.25, -0.2) is 13.4 Å². The first-order chi connectivity index (χ1) is 17.0. The van der Waals surface area contributed by atoms with Gasteiger partial charge in [0.2, 0.25) is 5.91 Å². The van der Waals surface area contributed by atoms with Gasteiger partial charge in [-0.2, -0.15) is 0 Å². The first-order valence-corrected chi connectivity index (χ1v) is 15.4. The predicted molar refractivity (Wildman–Crippen MR) is 142 cm³/mol. The van der Waals surface area contributed by atoms with Crippen LogP contribution in [-0.2, 0) is 21.2 Å². The van der Waals surface area contributed by atoms with E-state index in [0.29, 0.717) is 10.2 Å². The number of fused-ring (bicyclic) bond motifs is 2. The molecule has 6 atom stereocenters. The van der Waals surface area contributed by atoms with E-state index in [-0.39, 0.29) is 39.9 Å². The van der Waals surface area contributed by atoms with E-state index in [1.165, 1.54) is 23.5 Å². The average Bonchev–Trinajstić information content (AvgIpc) is 3.48. The number of amides is 1. The molecule has 2 fully saturated rings. The van der Waals surface area contributed by atoms with Crippen LogP contribution in [0.3, 0.4) is 0 Å². The molecule has 1 saturated carbocycles. The van der Waals surface area contributed by atoms with Crippen LogP contribution in [0, 0.1) is 23.2 Å². The molecular formula is C26H34ClN3O4S2. The molecule has 196 valence electrons. The summed E-state index contributed by atoms with van der Waals surface area (Å²) in [5, 5.41) is 12.4. The van der Waals surface area contributed by atoms with Crippen LogP contribution in [0.15, 0.2) is 29.2 Å². The zero-order valence-corrected chi connectivity index (χ0v) is 23.3. The number of aliphatic hydroxyl groups is 1. The Morgan fingerprint density at radius 3 is 2.61 bits per heavy atom. The highest BCUT2D eigenvalue weighted by Gasteiger charge is 2.54. The van der Waals surface area contributed by atoms with Gasteiger partial charge in [0.25, 0.3) is 10.0 Å². The van der Waals surface area contributed by atoms with Crippen LogP contribution in [0.25, 0.3) is 0 Å². The molecule has 0 spiro atoms. The number of thiazole rings is 1. The van der Waals surface area contributed by atoms with Gasteiger partial charge in [-0.3, -0.25) is 9.52 Å². The Bertz CT molecular complexity index is 1240. The van der Waals surface area contributed by atoms with Crippen molar-refractivity contribution in [3.8, 4) is 0 Å². The van der Waals surface area contributed by atoms with Crippen molar-refractivity contribution in [1.29, 1.82) is 0 Å². The molecule has 36 heavy (non-hydrogen) atoms. The van der Waals surface area contributed by atoms with E-state index in [4.69, 9.17) is 16.6 Å². The lowest BCUT2D eigenvalue weighted by Gasteiger charge is -2.53. The molecule has 5 rings (SSSR count). The Kier molecular flexibility index (Phi) is 6.89. The number of likely N-dealkylation sites (tertiary alicyclic amines) is 1. The summed E-state index contributed by atoms with van der Waals surface area (Å²) in [5.74, 6) is -0.219. The van der Waals surface area contributed by atoms with Gasteiger partial charge in [0.05, 0.1) is 16.7 Å². The molecule has 2 aromatic rings. The van der Waals surface area contributed by atoms with Gasteiger partial charge in [-0.15, -0.1) is 11.3 Å². The zero-order valence-electron chi connectivity index (χ0n) is 20.9. The number of nitrogens with one attached hydrogen (secondary N) is 1. The maximum atomic E-state index is 13.1. The topological polar surface area (TPSA) is 99.6 Å². The van der Waals surface area contributed by atoms with Crippen LogP contribution in [0.1, 0.15) is 62.9 Å². The summed E-state index contributed by atoms with van der Waals surface area (Å²) in [6.07, 6.45) is 3.98. The lowest BCUT2D eigenvalue weighted by molar-refractivity contribution is -0.143. The van der Waals surface area contributed by atoms with Crippen LogP contribution < -0.4 is 4.72 Å². The number of rotatable bonds is 5. The van der Waals surface area contributed by atoms with Gasteiger partial charge in [-0.1, -0.05) is 32.4 Å². The molecule has 1 amide bonds. The molecule has 1 aromatic carbocycles. The van der Waals surface area contributed by atoms with E-state index in [0.717, 1.165) is 55.8 Å². The monoisotopic (exact) mass is 551 g/mol. The smallest absolute Gasteiger partial charge is 0.263 e. The number of carbonyl (C=O) groups excluding carboxylic acids is 1. The molecular weight excluding hydrogens is 518 g/mol. The zero-order chi connectivity index (χ0) is 25.8. The van der Waals surface area contributed by atoms with E-state index in [1.54, 1.807) is 12.1 Å². The Morgan fingerprint density at radius 2 is 1.94 bits per heavy atom. The fourth-order valence-corrected chi connectivity index (χ4v) is 9.41. The standard InChI is InChI=1S/C26H34ClN3O4S2/c1-15(24(32)30-12-4-5-13-30)19-10-11-26(3)14-20-22(16(2)21(26)23(19)31)28-25(35-20)29-36(33,34)18-8-6-17(27)7-9-18/h6-9,15-16,19,21,23,31H,4-5,10-14H2,1-3H3,(H,28,29)/t15-,16-,19?,21+,23-,26-/m0/s1. The fourth-order valence-electron chi connectivity index (χ4n) is 6.79. The molecule has 2 aliphatic carbocycles. The molecule has 1 aromatic heterocycles. The van der Waals surface area contributed by atoms with Crippen molar-refractivity contribution in [1.82, 2.24) is 9.88 Å². The van der Waals surface area contributed by atoms with Gasteiger partial charge in [0.15, 0.2) is 5.13 Å². The predicted octanol–water partition coefficient (Wildman–Crippen LogP) is 4.91. The lowest BCUT2D eigenvalue weighted by Crippen LogP contribution is -2.53. The van der Waals surface area contributed by atoms with E-state index in [2.05, 4.69) is 18.6 Å². The highest BCUT2D eigenvalue weighted by Crippen LogP contribution is 2.57. The van der Waals surface area contributed by atoms with Crippen molar-refractivity contribution >= 4 is 44.0 Å². The number of benzene rings is 1. The van der Waals surface area contributed by atoms with E-state index >= 15 is 0 Å². The van der Waals surface area contributed by atoms with Crippen LogP contribution >= 0.6 is 22.9 Å². The van der Waals surface area contributed by atoms with Crippen molar-refractivity contribution in [3.63, 3.8) is 0 Å². The Balaban J connectivity index is 1.37. The number of carbonyl (C=O) groups is 1. The molecule has 0 radical (unpaired) electrons. The molecule has 1 saturated heterocycles. The van der Waals surface area contributed by atoms with Crippen LogP contribution in [0.4, 0.5) is 5.13 Å². The minimum absolute atomic E-state index is 0.0413. The van der Waals surface area contributed by atoms with Crippen molar-refractivity contribution in [3.05, 3.63) is 39.9 Å². The quantitative estimate of drug-likeness (QED) is 0.550. The Morgan fingerprint density at radius 1 is 1.28 bits per heavy atom. The Hall–Kier alpha value is -1.68. The van der Waals surface area contributed by atoms with Crippen molar-refractivity contribution < 1.29 is 18.3 Å². The average molecular weight is 552 g/mol. The number of nitrogens with zero attached hydrogens (tertiary/aromatic N) is 2. The third-order valence-corrected chi connectivity index (χ3v) is 11.4. The molecule has 1 unspecified atom stereocenters. The van der Waals surface area contributed by atoms with E-state index in [9.17, 15) is 18.3 Å². The van der Waals surface area contributed by atoms with Gasteiger partial charge in [0.1, 0.15) is 0 Å². The number of hydrogen-bond donors (Lipinski definition) is 2. The highest BCUT2D eigenvalue weighted by atomic mass is 35.5. The summed E-state index contributed by atoms with van der Waals surface area (Å²) < 4.78 is 28.4. The first kappa shape index (κ1) is 25.9. The molecule has 2 heterocycles. The summed E-state index contributed by atoms with van der Waals surface area (Å²) in [5.41, 5.74) is 0.729. The van der Waals surface area contributed by atoms with Crippen LogP contribution in [0.5, 0.6) is 0 Å². The van der Waals surface area contributed by atoms with E-state index < -0.39 is 16.1 Å². The van der Waals surface area contributed by atoms with Crippen LogP contribution in [0.2, 0.25) is 5.02 Å². The first-order valence-electron chi connectivity index (χ1n) is 12.7. The largest absolute Gasteiger partial charge is 0.392 e. The maximum Gasteiger partial charge on any atom is 0.263 e. The van der Waals surface area contributed by atoms with Crippen LogP contribution in [-0.4, -0.2) is 48.5 Å². The maximum absolute atomic E-state index is 13.1. The molecule has 0 bridgehead atoms. The normalized spacial score (nSPS) is 31.0. The molecule has 10 heteroatoms. The van der Waals surface area contributed by atoms with Crippen molar-refractivity contribution in [2.45, 2.75) is 69.8 Å². The van der Waals surface area contributed by atoms with E-state index in [1.807, 2.05) is 11.8 Å². The fraction of sp³-hybridized carbons (Fsp3) is 0.615. The second kappa shape index (κ2) is 9.57.